The highest BCUT2D eigenvalue weighted by atomic mass is 32.2. The second-order valence-corrected chi connectivity index (χ2v) is 6.47. The molecule has 0 fully saturated rings. The van der Waals surface area contributed by atoms with Crippen molar-refractivity contribution in [2.75, 3.05) is 6.54 Å². The number of urea groups is 1. The third-order valence-corrected chi connectivity index (χ3v) is 4.38. The third kappa shape index (κ3) is 5.70. The number of aryl methyl sites for hydroxylation is 1. The fourth-order valence-electron chi connectivity index (χ4n) is 1.72. The molecule has 0 heterocycles. The Balaban J connectivity index is 2.71. The first kappa shape index (κ1) is 17.9. The number of nitrogens with one attached hydrogen (secondary N) is 2. The minimum absolute atomic E-state index is 0.000360. The van der Waals surface area contributed by atoms with Crippen LogP contribution in [0.15, 0.2) is 29.2 Å². The molecule has 1 aromatic rings. The molecule has 22 heavy (non-hydrogen) atoms. The van der Waals surface area contributed by atoms with Crippen molar-refractivity contribution < 1.29 is 23.1 Å². The molecule has 0 aromatic heterocycles. The maximum atomic E-state index is 12.1. The molecule has 122 valence electrons. The van der Waals surface area contributed by atoms with Crippen LogP contribution < -0.4 is 15.8 Å². The summed E-state index contributed by atoms with van der Waals surface area (Å²) in [6.07, 6.45) is 0.303. The topological polar surface area (TPSA) is 139 Å². The molecule has 0 spiro atoms. The van der Waals surface area contributed by atoms with Gasteiger partial charge < -0.3 is 16.2 Å². The van der Waals surface area contributed by atoms with Gasteiger partial charge in [-0.05, 0) is 31.9 Å². The molecule has 5 N–H and O–H groups in total. The van der Waals surface area contributed by atoms with Crippen molar-refractivity contribution in [1.82, 2.24) is 10.0 Å². The van der Waals surface area contributed by atoms with E-state index in [1.54, 1.807) is 12.1 Å². The van der Waals surface area contributed by atoms with Crippen molar-refractivity contribution in [3.63, 3.8) is 0 Å². The molecule has 0 radical (unpaired) electrons. The van der Waals surface area contributed by atoms with Gasteiger partial charge >= 0.3 is 12.0 Å². The van der Waals surface area contributed by atoms with E-state index in [-0.39, 0.29) is 24.3 Å². The van der Waals surface area contributed by atoms with E-state index in [1.807, 2.05) is 6.92 Å². The molecule has 2 amide bonds. The maximum Gasteiger partial charge on any atom is 0.321 e. The summed E-state index contributed by atoms with van der Waals surface area (Å²) in [4.78, 5) is 21.7. The summed E-state index contributed by atoms with van der Waals surface area (Å²) in [6.45, 7) is 1.99. The molecule has 0 saturated heterocycles. The number of amides is 2. The van der Waals surface area contributed by atoms with Crippen molar-refractivity contribution >= 4 is 22.0 Å². The van der Waals surface area contributed by atoms with Gasteiger partial charge in [0.25, 0.3) is 0 Å². The summed E-state index contributed by atoms with van der Waals surface area (Å²) in [7, 11) is -3.92. The van der Waals surface area contributed by atoms with E-state index < -0.39 is 28.1 Å². The minimum atomic E-state index is -3.92. The maximum absolute atomic E-state index is 12.1. The quantitative estimate of drug-likeness (QED) is 0.504. The Morgan fingerprint density at radius 1 is 1.27 bits per heavy atom. The largest absolute Gasteiger partial charge is 0.480 e. The van der Waals surface area contributed by atoms with Gasteiger partial charge in [0.15, 0.2) is 0 Å². The van der Waals surface area contributed by atoms with Crippen LogP contribution in [0.2, 0.25) is 0 Å². The summed E-state index contributed by atoms with van der Waals surface area (Å²) in [5, 5.41) is 11.4. The van der Waals surface area contributed by atoms with E-state index in [0.29, 0.717) is 0 Å². The molecular weight excluding hydrogens is 310 g/mol. The molecule has 0 aliphatic carbocycles. The van der Waals surface area contributed by atoms with Crippen LogP contribution in [0.3, 0.4) is 0 Å². The number of hydrogen-bond donors (Lipinski definition) is 4. The van der Waals surface area contributed by atoms with E-state index in [4.69, 9.17) is 10.8 Å². The van der Waals surface area contributed by atoms with Crippen LogP contribution in [0.1, 0.15) is 18.4 Å². The summed E-state index contributed by atoms with van der Waals surface area (Å²) < 4.78 is 26.4. The SMILES string of the molecule is Cc1ccc(S(=O)(=O)N[C@@H](CCCNC(N)=O)C(=O)O)cc1. The number of carbonyl (C=O) groups excluding carboxylic acids is 1. The fraction of sp³-hybridized carbons (Fsp3) is 0.385. The smallest absolute Gasteiger partial charge is 0.321 e. The Morgan fingerprint density at radius 3 is 2.36 bits per heavy atom. The van der Waals surface area contributed by atoms with Gasteiger partial charge in [0.1, 0.15) is 6.04 Å². The first-order chi connectivity index (χ1) is 10.2. The summed E-state index contributed by atoms with van der Waals surface area (Å²) >= 11 is 0. The van der Waals surface area contributed by atoms with E-state index in [1.165, 1.54) is 12.1 Å². The van der Waals surface area contributed by atoms with Gasteiger partial charge in [-0.25, -0.2) is 13.2 Å². The molecule has 9 heteroatoms. The van der Waals surface area contributed by atoms with Gasteiger partial charge in [-0.2, -0.15) is 4.72 Å². The first-order valence-corrected chi connectivity index (χ1v) is 8.06. The molecule has 0 bridgehead atoms. The highest BCUT2D eigenvalue weighted by Gasteiger charge is 2.24. The minimum Gasteiger partial charge on any atom is -0.480 e. The number of carboxylic acid groups (broad SMARTS) is 1. The van der Waals surface area contributed by atoms with Crippen molar-refractivity contribution in [2.45, 2.75) is 30.7 Å². The summed E-state index contributed by atoms with van der Waals surface area (Å²) in [5.41, 5.74) is 5.78. The van der Waals surface area contributed by atoms with E-state index in [9.17, 15) is 18.0 Å². The zero-order valence-corrected chi connectivity index (χ0v) is 12.9. The average Bonchev–Trinajstić information content (AvgIpc) is 2.42. The number of sulfonamides is 1. The standard InChI is InChI=1S/C13H19N3O5S/c1-9-4-6-10(7-5-9)22(20,21)16-11(12(17)18)3-2-8-15-13(14)19/h4-7,11,16H,2-3,8H2,1H3,(H,17,18)(H3,14,15,19)/t11-/m0/s1. The van der Waals surface area contributed by atoms with Gasteiger partial charge in [-0.1, -0.05) is 17.7 Å². The van der Waals surface area contributed by atoms with Gasteiger partial charge in [-0.3, -0.25) is 4.79 Å². The van der Waals surface area contributed by atoms with Crippen molar-refractivity contribution in [2.24, 2.45) is 5.73 Å². The molecule has 1 rings (SSSR count). The number of rotatable bonds is 8. The van der Waals surface area contributed by atoms with Crippen molar-refractivity contribution in [1.29, 1.82) is 0 Å². The highest BCUT2D eigenvalue weighted by Crippen LogP contribution is 2.11. The molecular formula is C13H19N3O5S. The van der Waals surface area contributed by atoms with Crippen molar-refractivity contribution in [3.8, 4) is 0 Å². The highest BCUT2D eigenvalue weighted by molar-refractivity contribution is 7.89. The lowest BCUT2D eigenvalue weighted by Gasteiger charge is -2.15. The second-order valence-electron chi connectivity index (χ2n) is 4.76. The molecule has 0 unspecified atom stereocenters. The molecule has 0 saturated carbocycles. The number of nitrogens with two attached hydrogens (primary N) is 1. The summed E-state index contributed by atoms with van der Waals surface area (Å²) in [6, 6.07) is 4.08. The van der Waals surface area contributed by atoms with Crippen LogP contribution in [0.5, 0.6) is 0 Å². The van der Waals surface area contributed by atoms with Gasteiger partial charge in [0.05, 0.1) is 4.90 Å². The molecule has 1 aromatic carbocycles. The fourth-order valence-corrected chi connectivity index (χ4v) is 2.95. The van der Waals surface area contributed by atoms with Crippen LogP contribution in [-0.4, -0.2) is 38.1 Å². The Labute approximate surface area is 128 Å². The monoisotopic (exact) mass is 329 g/mol. The van der Waals surface area contributed by atoms with E-state index in [0.717, 1.165) is 5.56 Å². The first-order valence-electron chi connectivity index (χ1n) is 6.57. The number of primary amides is 1. The Hall–Kier alpha value is -2.13. The normalized spacial score (nSPS) is 12.6. The molecule has 0 aliphatic rings. The zero-order chi connectivity index (χ0) is 16.8. The van der Waals surface area contributed by atoms with Gasteiger partial charge in [0, 0.05) is 6.54 Å². The van der Waals surface area contributed by atoms with Crippen LogP contribution >= 0.6 is 0 Å². The number of carboxylic acids is 1. The lowest BCUT2D eigenvalue weighted by atomic mass is 10.2. The number of carbonyl (C=O) groups is 2. The Morgan fingerprint density at radius 2 is 1.86 bits per heavy atom. The number of aliphatic carboxylic acids is 1. The summed E-state index contributed by atoms with van der Waals surface area (Å²) in [5.74, 6) is -1.28. The van der Waals surface area contributed by atoms with Gasteiger partial charge in [0.2, 0.25) is 10.0 Å². The van der Waals surface area contributed by atoms with Crippen LogP contribution in [-0.2, 0) is 14.8 Å². The van der Waals surface area contributed by atoms with Crippen LogP contribution in [0.4, 0.5) is 4.79 Å². The Bertz CT molecular complexity index is 628. The van der Waals surface area contributed by atoms with Crippen LogP contribution in [0.25, 0.3) is 0 Å². The Kier molecular flexibility index (Phi) is 6.32. The molecule has 8 nitrogen and oxygen atoms in total. The zero-order valence-electron chi connectivity index (χ0n) is 12.1. The predicted molar refractivity (Wildman–Crippen MR) is 79.7 cm³/mol. The number of hydrogen-bond acceptors (Lipinski definition) is 4. The predicted octanol–water partition coefficient (Wildman–Crippen LogP) is 0.175. The third-order valence-electron chi connectivity index (χ3n) is 2.90. The molecule has 1 atom stereocenters. The number of benzene rings is 1. The van der Waals surface area contributed by atoms with E-state index >= 15 is 0 Å². The van der Waals surface area contributed by atoms with Crippen LogP contribution in [0, 0.1) is 6.92 Å². The lowest BCUT2D eigenvalue weighted by Crippen LogP contribution is -2.41. The lowest BCUT2D eigenvalue weighted by molar-refractivity contribution is -0.139. The van der Waals surface area contributed by atoms with Gasteiger partial charge in [-0.15, -0.1) is 0 Å². The second kappa shape index (κ2) is 7.76. The van der Waals surface area contributed by atoms with Crippen molar-refractivity contribution in [3.05, 3.63) is 29.8 Å². The molecule has 0 aliphatic heterocycles. The van der Waals surface area contributed by atoms with E-state index in [2.05, 4.69) is 10.0 Å². The average molecular weight is 329 g/mol.